The zero-order valence-corrected chi connectivity index (χ0v) is 11.8. The van der Waals surface area contributed by atoms with Crippen LogP contribution in [0.15, 0.2) is 16.9 Å². The molecule has 2 aromatic rings. The third-order valence-corrected chi connectivity index (χ3v) is 4.39. The third-order valence-electron chi connectivity index (χ3n) is 4.39. The summed E-state index contributed by atoms with van der Waals surface area (Å²) in [6.45, 7) is 3.21. The number of hydrogen-bond donors (Lipinski definition) is 2. The zero-order valence-electron chi connectivity index (χ0n) is 11.8. The molecule has 2 aromatic heterocycles. The number of H-pyrrole nitrogens is 1. The quantitative estimate of drug-likeness (QED) is 0.895. The molecule has 0 bridgehead atoms. The molecular weight excluding hydrogens is 254 g/mol. The van der Waals surface area contributed by atoms with Gasteiger partial charge in [0.15, 0.2) is 5.65 Å². The molecule has 0 unspecified atom stereocenters. The van der Waals surface area contributed by atoms with Gasteiger partial charge in [-0.2, -0.15) is 9.61 Å². The van der Waals surface area contributed by atoms with Gasteiger partial charge in [0.1, 0.15) is 5.82 Å². The molecule has 0 atom stereocenters. The monoisotopic (exact) mass is 275 g/mol. The topological polar surface area (TPSA) is 75.1 Å². The number of hydrogen-bond acceptors (Lipinski definition) is 4. The predicted molar refractivity (Wildman–Crippen MR) is 77.8 cm³/mol. The minimum atomic E-state index is -0.299. The first-order valence-corrected chi connectivity index (χ1v) is 7.44. The molecule has 1 aliphatic rings. The lowest BCUT2D eigenvalue weighted by Gasteiger charge is -2.27. The van der Waals surface area contributed by atoms with Crippen molar-refractivity contribution >= 4 is 11.5 Å². The zero-order chi connectivity index (χ0) is 13.9. The summed E-state index contributed by atoms with van der Waals surface area (Å²) in [5.74, 6) is 2.38. The molecule has 0 amide bonds. The molecule has 0 radical (unpaired) electrons. The van der Waals surface area contributed by atoms with Gasteiger partial charge in [0, 0.05) is 6.54 Å². The van der Waals surface area contributed by atoms with E-state index in [-0.39, 0.29) is 5.69 Å². The molecule has 2 heterocycles. The highest BCUT2D eigenvalue weighted by Crippen LogP contribution is 2.30. The van der Waals surface area contributed by atoms with Crippen molar-refractivity contribution in [2.24, 2.45) is 11.8 Å². The summed E-state index contributed by atoms with van der Waals surface area (Å²) >= 11 is 0. The van der Waals surface area contributed by atoms with Crippen LogP contribution in [-0.2, 0) is 0 Å². The second-order valence-electron chi connectivity index (χ2n) is 5.69. The Morgan fingerprint density at radius 2 is 2.05 bits per heavy atom. The van der Waals surface area contributed by atoms with Crippen molar-refractivity contribution in [3.63, 3.8) is 0 Å². The van der Waals surface area contributed by atoms with Crippen LogP contribution in [0.3, 0.4) is 0 Å². The second-order valence-corrected chi connectivity index (χ2v) is 5.69. The van der Waals surface area contributed by atoms with Gasteiger partial charge in [-0.3, -0.25) is 0 Å². The van der Waals surface area contributed by atoms with Crippen molar-refractivity contribution in [1.29, 1.82) is 0 Å². The van der Waals surface area contributed by atoms with E-state index in [1.165, 1.54) is 36.6 Å². The van der Waals surface area contributed by atoms with Crippen LogP contribution in [0.2, 0.25) is 0 Å². The lowest BCUT2D eigenvalue weighted by molar-refractivity contribution is 0.278. The fourth-order valence-corrected chi connectivity index (χ4v) is 2.99. The first-order valence-electron chi connectivity index (χ1n) is 7.44. The summed E-state index contributed by atoms with van der Waals surface area (Å²) in [6.07, 6.45) is 6.58. The van der Waals surface area contributed by atoms with E-state index < -0.39 is 0 Å². The molecule has 108 valence electrons. The van der Waals surface area contributed by atoms with Gasteiger partial charge in [-0.1, -0.05) is 26.2 Å². The molecule has 0 aromatic carbocycles. The van der Waals surface area contributed by atoms with Crippen molar-refractivity contribution in [1.82, 2.24) is 19.8 Å². The van der Waals surface area contributed by atoms with Crippen LogP contribution in [0, 0.1) is 11.8 Å². The standard InChI is InChI=1S/C14H21N5O/c1-2-10-3-5-11(6-4-10)9-15-12-7-8-13-16-17-14(20)19(13)18-12/h7-8,10-11H,2-6,9H2,1H3,(H,15,18)(H,17,20). The van der Waals surface area contributed by atoms with Crippen LogP contribution in [0.25, 0.3) is 5.65 Å². The summed E-state index contributed by atoms with van der Waals surface area (Å²) in [4.78, 5) is 11.5. The molecule has 0 aliphatic heterocycles. The summed E-state index contributed by atoms with van der Waals surface area (Å²) in [7, 11) is 0. The molecule has 3 rings (SSSR count). The molecule has 0 saturated heterocycles. The summed E-state index contributed by atoms with van der Waals surface area (Å²) in [6, 6.07) is 3.66. The van der Waals surface area contributed by atoms with Crippen molar-refractivity contribution in [3.05, 3.63) is 22.6 Å². The molecule has 20 heavy (non-hydrogen) atoms. The van der Waals surface area contributed by atoms with E-state index in [1.54, 1.807) is 6.07 Å². The molecule has 0 spiro atoms. The van der Waals surface area contributed by atoms with Crippen LogP contribution in [-0.4, -0.2) is 26.4 Å². The average molecular weight is 275 g/mol. The van der Waals surface area contributed by atoms with Gasteiger partial charge in [-0.15, -0.1) is 5.10 Å². The largest absolute Gasteiger partial charge is 0.368 e. The summed E-state index contributed by atoms with van der Waals surface area (Å²) in [5, 5.41) is 13.8. The van der Waals surface area contributed by atoms with Crippen LogP contribution < -0.4 is 11.0 Å². The van der Waals surface area contributed by atoms with Crippen LogP contribution >= 0.6 is 0 Å². The van der Waals surface area contributed by atoms with E-state index in [9.17, 15) is 4.79 Å². The van der Waals surface area contributed by atoms with Crippen molar-refractivity contribution in [2.75, 3.05) is 11.9 Å². The fourth-order valence-electron chi connectivity index (χ4n) is 2.99. The minimum Gasteiger partial charge on any atom is -0.368 e. The lowest BCUT2D eigenvalue weighted by atomic mass is 9.81. The molecule has 2 N–H and O–H groups in total. The van der Waals surface area contributed by atoms with E-state index in [2.05, 4.69) is 27.5 Å². The normalized spacial score (nSPS) is 23.1. The Bertz CT molecular complexity index is 624. The summed E-state index contributed by atoms with van der Waals surface area (Å²) in [5.41, 5.74) is 0.246. The van der Waals surface area contributed by atoms with Crippen LogP contribution in [0.4, 0.5) is 5.82 Å². The van der Waals surface area contributed by atoms with Gasteiger partial charge < -0.3 is 5.32 Å². The van der Waals surface area contributed by atoms with E-state index in [1.807, 2.05) is 6.07 Å². The molecule has 6 heteroatoms. The Hall–Kier alpha value is -1.85. The van der Waals surface area contributed by atoms with Crippen molar-refractivity contribution in [2.45, 2.75) is 39.0 Å². The van der Waals surface area contributed by atoms with Gasteiger partial charge >= 0.3 is 5.69 Å². The highest BCUT2D eigenvalue weighted by atomic mass is 16.2. The first-order chi connectivity index (χ1) is 9.76. The first kappa shape index (κ1) is 13.1. The van der Waals surface area contributed by atoms with Gasteiger partial charge in [-0.05, 0) is 36.8 Å². The van der Waals surface area contributed by atoms with Crippen LogP contribution in [0.5, 0.6) is 0 Å². The van der Waals surface area contributed by atoms with Gasteiger partial charge in [0.2, 0.25) is 0 Å². The SMILES string of the molecule is CCC1CCC(CNc2ccc3n[nH]c(=O)n3n2)CC1. The number of fused-ring (bicyclic) bond motifs is 1. The Morgan fingerprint density at radius 1 is 1.30 bits per heavy atom. The van der Waals surface area contributed by atoms with E-state index in [0.29, 0.717) is 5.65 Å². The van der Waals surface area contributed by atoms with Gasteiger partial charge in [0.05, 0.1) is 0 Å². The van der Waals surface area contributed by atoms with E-state index >= 15 is 0 Å². The minimum absolute atomic E-state index is 0.299. The number of anilines is 1. The summed E-state index contributed by atoms with van der Waals surface area (Å²) < 4.78 is 1.29. The Morgan fingerprint density at radius 3 is 2.80 bits per heavy atom. The maximum atomic E-state index is 11.5. The number of nitrogens with zero attached hydrogens (tertiary/aromatic N) is 3. The molecule has 6 nitrogen and oxygen atoms in total. The number of rotatable bonds is 4. The number of aromatic nitrogens is 4. The molecule has 1 aliphatic carbocycles. The van der Waals surface area contributed by atoms with E-state index in [4.69, 9.17) is 0 Å². The van der Waals surface area contributed by atoms with Gasteiger partial charge in [0.25, 0.3) is 0 Å². The third kappa shape index (κ3) is 2.69. The number of aromatic amines is 1. The number of nitrogens with one attached hydrogen (secondary N) is 2. The predicted octanol–water partition coefficient (Wildman–Crippen LogP) is 2.05. The Balaban J connectivity index is 1.60. The average Bonchev–Trinajstić information content (AvgIpc) is 2.87. The second kappa shape index (κ2) is 5.64. The van der Waals surface area contributed by atoms with Crippen LogP contribution in [0.1, 0.15) is 39.0 Å². The lowest BCUT2D eigenvalue weighted by Crippen LogP contribution is -2.22. The molecular formula is C14H21N5O. The van der Waals surface area contributed by atoms with Crippen molar-refractivity contribution in [3.8, 4) is 0 Å². The maximum absolute atomic E-state index is 11.5. The fraction of sp³-hybridized carbons (Fsp3) is 0.643. The van der Waals surface area contributed by atoms with Crippen molar-refractivity contribution < 1.29 is 0 Å². The molecule has 1 saturated carbocycles. The van der Waals surface area contributed by atoms with E-state index in [0.717, 1.165) is 24.2 Å². The highest BCUT2D eigenvalue weighted by molar-refractivity contribution is 5.42. The van der Waals surface area contributed by atoms with Gasteiger partial charge in [-0.25, -0.2) is 9.89 Å². The highest BCUT2D eigenvalue weighted by Gasteiger charge is 2.19. The smallest absolute Gasteiger partial charge is 0.364 e. The Kier molecular flexibility index (Phi) is 3.71. The maximum Gasteiger partial charge on any atom is 0.364 e. The Labute approximate surface area is 117 Å². The molecule has 1 fully saturated rings.